The number of carbonyl (C=O) groups is 2. The molecule has 0 fully saturated rings. The fraction of sp³-hybridized carbons (Fsp3) is 0.154. The van der Waals surface area contributed by atoms with Crippen LogP contribution in [0.4, 0.5) is 0 Å². The van der Waals surface area contributed by atoms with E-state index < -0.39 is 0 Å². The van der Waals surface area contributed by atoms with Crippen molar-refractivity contribution in [1.82, 2.24) is 4.57 Å². The Morgan fingerprint density at radius 1 is 0.968 bits per heavy atom. The van der Waals surface area contributed by atoms with E-state index in [9.17, 15) is 9.59 Å². The van der Waals surface area contributed by atoms with Gasteiger partial charge < -0.3 is 4.74 Å². The summed E-state index contributed by atoms with van der Waals surface area (Å²) >= 11 is 6.13. The fourth-order valence-corrected chi connectivity index (χ4v) is 5.14. The molecule has 0 saturated carbocycles. The molecule has 0 amide bonds. The molecule has 5 heteroatoms. The monoisotopic (exact) mass is 427 g/mol. The number of hydrogen-bond donors (Lipinski definition) is 0. The number of rotatable bonds is 1. The van der Waals surface area contributed by atoms with Crippen LogP contribution in [0.2, 0.25) is 5.02 Å². The molecule has 0 unspecified atom stereocenters. The van der Waals surface area contributed by atoms with Gasteiger partial charge in [-0.3, -0.25) is 14.2 Å². The van der Waals surface area contributed by atoms with Gasteiger partial charge >= 0.3 is 0 Å². The normalized spacial score (nSPS) is 19.3. The highest BCUT2D eigenvalue weighted by Gasteiger charge is 2.43. The van der Waals surface area contributed by atoms with E-state index in [2.05, 4.69) is 0 Å². The molecule has 0 spiro atoms. The molecule has 2 aliphatic rings. The van der Waals surface area contributed by atoms with Crippen LogP contribution in [0.15, 0.2) is 72.8 Å². The first-order valence-corrected chi connectivity index (χ1v) is 10.7. The Balaban J connectivity index is 1.51. The number of ether oxygens (including phenoxy) is 1. The second kappa shape index (κ2) is 6.82. The summed E-state index contributed by atoms with van der Waals surface area (Å²) in [5.74, 6) is 0.195. The highest BCUT2D eigenvalue weighted by Crippen LogP contribution is 2.41. The predicted molar refractivity (Wildman–Crippen MR) is 119 cm³/mol. The van der Waals surface area contributed by atoms with E-state index in [0.717, 1.165) is 22.2 Å². The molecule has 31 heavy (non-hydrogen) atoms. The van der Waals surface area contributed by atoms with E-state index in [-0.39, 0.29) is 23.7 Å². The third-order valence-electron chi connectivity index (χ3n) is 6.40. The number of carbonyl (C=O) groups excluding carboxylic acids is 2. The summed E-state index contributed by atoms with van der Waals surface area (Å²) < 4.78 is 8.04. The Bertz CT molecular complexity index is 1370. The van der Waals surface area contributed by atoms with Crippen LogP contribution in [0.1, 0.15) is 32.0 Å². The van der Waals surface area contributed by atoms with Gasteiger partial charge in [0.15, 0.2) is 5.78 Å². The van der Waals surface area contributed by atoms with Gasteiger partial charge in [-0.1, -0.05) is 48.0 Å². The van der Waals surface area contributed by atoms with Crippen molar-refractivity contribution in [3.05, 3.63) is 100 Å². The molecule has 0 N–H and O–H groups in total. The lowest BCUT2D eigenvalue weighted by Crippen LogP contribution is -2.43. The molecule has 6 rings (SSSR count). The Hall–Kier alpha value is -3.37. The molecule has 2 atom stereocenters. The molecule has 1 aliphatic carbocycles. The van der Waals surface area contributed by atoms with E-state index >= 15 is 0 Å². The molecular weight excluding hydrogens is 410 g/mol. The van der Waals surface area contributed by atoms with Crippen molar-refractivity contribution in [1.29, 1.82) is 0 Å². The van der Waals surface area contributed by atoms with E-state index in [1.807, 2.05) is 54.6 Å². The Morgan fingerprint density at radius 2 is 1.74 bits per heavy atom. The number of aromatic nitrogens is 1. The van der Waals surface area contributed by atoms with Crippen molar-refractivity contribution in [3.8, 4) is 5.75 Å². The first kappa shape index (κ1) is 18.4. The summed E-state index contributed by atoms with van der Waals surface area (Å²) in [5.41, 5.74) is 4.00. The van der Waals surface area contributed by atoms with Gasteiger partial charge in [0, 0.05) is 34.5 Å². The standard InChI is InChI=1S/C26H18ClNO3/c27-16-10-11-23-19(12-16)25(29)20-13-22-18(14-24(20)31-23)17-8-4-5-9-21(17)28(22)26(30)15-6-2-1-3-7-15/h1-12,20,24H,13-14H2/t20-,24-/m1/s1. The number of fused-ring (bicyclic) bond motifs is 5. The van der Waals surface area contributed by atoms with Gasteiger partial charge in [-0.2, -0.15) is 0 Å². The SMILES string of the molecule is O=C1c2cc(Cl)ccc2O[C@@H]2Cc3c(n(C(=O)c4ccccc4)c4ccccc34)C[C@@H]12. The quantitative estimate of drug-likeness (QED) is 0.412. The molecule has 0 bridgehead atoms. The van der Waals surface area contributed by atoms with Crippen LogP contribution in [0.3, 0.4) is 0 Å². The van der Waals surface area contributed by atoms with Gasteiger partial charge in [-0.15, -0.1) is 0 Å². The van der Waals surface area contributed by atoms with Gasteiger partial charge in [-0.25, -0.2) is 0 Å². The number of hydrogen-bond acceptors (Lipinski definition) is 3. The summed E-state index contributed by atoms with van der Waals surface area (Å²) in [6, 6.07) is 22.4. The molecule has 0 radical (unpaired) electrons. The van der Waals surface area contributed by atoms with Gasteiger partial charge in [0.05, 0.1) is 17.0 Å². The second-order valence-corrected chi connectivity index (χ2v) is 8.56. The van der Waals surface area contributed by atoms with Crippen molar-refractivity contribution in [3.63, 3.8) is 0 Å². The number of ketones is 1. The van der Waals surface area contributed by atoms with Crippen molar-refractivity contribution < 1.29 is 14.3 Å². The topological polar surface area (TPSA) is 48.3 Å². The van der Waals surface area contributed by atoms with Crippen LogP contribution in [-0.2, 0) is 12.8 Å². The third kappa shape index (κ3) is 2.75. The summed E-state index contributed by atoms with van der Waals surface area (Å²) in [7, 11) is 0. The minimum Gasteiger partial charge on any atom is -0.489 e. The molecule has 3 aromatic carbocycles. The average Bonchev–Trinajstić information content (AvgIpc) is 3.12. The highest BCUT2D eigenvalue weighted by molar-refractivity contribution is 6.31. The van der Waals surface area contributed by atoms with Gasteiger partial charge in [0.2, 0.25) is 0 Å². The summed E-state index contributed by atoms with van der Waals surface area (Å²) in [6.07, 6.45) is 0.793. The van der Waals surface area contributed by atoms with Crippen LogP contribution in [-0.4, -0.2) is 22.4 Å². The molecule has 1 aliphatic heterocycles. The van der Waals surface area contributed by atoms with Crippen LogP contribution in [0.25, 0.3) is 10.9 Å². The molecule has 0 saturated heterocycles. The smallest absolute Gasteiger partial charge is 0.262 e. The molecule has 152 valence electrons. The van der Waals surface area contributed by atoms with E-state index in [1.54, 1.807) is 22.8 Å². The zero-order valence-electron chi connectivity index (χ0n) is 16.5. The summed E-state index contributed by atoms with van der Waals surface area (Å²) in [5, 5.41) is 1.55. The first-order valence-electron chi connectivity index (χ1n) is 10.3. The van der Waals surface area contributed by atoms with E-state index in [4.69, 9.17) is 16.3 Å². The Kier molecular flexibility index (Phi) is 4.05. The summed E-state index contributed by atoms with van der Waals surface area (Å²) in [6.45, 7) is 0. The molecule has 2 heterocycles. The minimum atomic E-state index is -0.342. The maximum absolute atomic E-state index is 13.5. The van der Waals surface area contributed by atoms with Gasteiger partial charge in [0.1, 0.15) is 11.9 Å². The van der Waals surface area contributed by atoms with E-state index in [1.165, 1.54) is 0 Å². The highest BCUT2D eigenvalue weighted by atomic mass is 35.5. The van der Waals surface area contributed by atoms with Gasteiger partial charge in [0.25, 0.3) is 5.91 Å². The maximum atomic E-state index is 13.5. The lowest BCUT2D eigenvalue weighted by atomic mass is 9.78. The lowest BCUT2D eigenvalue weighted by Gasteiger charge is -2.36. The van der Waals surface area contributed by atoms with Crippen LogP contribution in [0, 0.1) is 5.92 Å². The number of benzene rings is 3. The van der Waals surface area contributed by atoms with Crippen molar-refractivity contribution in [2.45, 2.75) is 18.9 Å². The van der Waals surface area contributed by atoms with Crippen molar-refractivity contribution >= 4 is 34.2 Å². The number of halogens is 1. The average molecular weight is 428 g/mol. The van der Waals surface area contributed by atoms with E-state index in [0.29, 0.717) is 34.7 Å². The molecular formula is C26H18ClNO3. The van der Waals surface area contributed by atoms with Crippen LogP contribution >= 0.6 is 11.6 Å². The number of Topliss-reactive ketones (excluding diaryl/α,β-unsaturated/α-hetero) is 1. The second-order valence-electron chi connectivity index (χ2n) is 8.12. The number of para-hydroxylation sites is 1. The number of nitrogens with zero attached hydrogens (tertiary/aromatic N) is 1. The first-order chi connectivity index (χ1) is 15.1. The molecule has 4 aromatic rings. The van der Waals surface area contributed by atoms with Crippen molar-refractivity contribution in [2.75, 3.05) is 0 Å². The zero-order valence-corrected chi connectivity index (χ0v) is 17.3. The van der Waals surface area contributed by atoms with Crippen LogP contribution in [0.5, 0.6) is 5.75 Å². The minimum absolute atomic E-state index is 0.0309. The predicted octanol–water partition coefficient (Wildman–Crippen LogP) is 5.34. The lowest BCUT2D eigenvalue weighted by molar-refractivity contribution is 0.0626. The summed E-state index contributed by atoms with van der Waals surface area (Å²) in [4.78, 5) is 26.9. The Labute approximate surface area is 184 Å². The largest absolute Gasteiger partial charge is 0.489 e. The maximum Gasteiger partial charge on any atom is 0.262 e. The third-order valence-corrected chi connectivity index (χ3v) is 6.64. The van der Waals surface area contributed by atoms with Crippen LogP contribution < -0.4 is 4.74 Å². The molecule has 4 nitrogen and oxygen atoms in total. The van der Waals surface area contributed by atoms with Gasteiger partial charge in [-0.05, 0) is 42.0 Å². The zero-order chi connectivity index (χ0) is 21.1. The molecule has 1 aromatic heterocycles. The fourth-order valence-electron chi connectivity index (χ4n) is 4.97. The Morgan fingerprint density at radius 3 is 2.58 bits per heavy atom. The van der Waals surface area contributed by atoms with Crippen molar-refractivity contribution in [2.24, 2.45) is 5.92 Å².